The Balaban J connectivity index is 1.66. The molecule has 0 unspecified atom stereocenters. The molecule has 0 amide bonds. The standard InChI is InChI=1S/C15H15Cl2NS/c16-13-6-4-12(5-7-13)11-19-9-8-18-15-3-1-2-14(17)10-15/h1-7,10,18H,8-9,11H2. The van der Waals surface area contributed by atoms with Crippen molar-refractivity contribution in [2.45, 2.75) is 5.75 Å². The van der Waals surface area contributed by atoms with Gasteiger partial charge in [0, 0.05) is 33.8 Å². The van der Waals surface area contributed by atoms with Gasteiger partial charge in [-0.3, -0.25) is 0 Å². The lowest BCUT2D eigenvalue weighted by atomic mass is 10.2. The Bertz CT molecular complexity index is 514. The SMILES string of the molecule is Clc1ccc(CSCCNc2cccc(Cl)c2)cc1. The minimum absolute atomic E-state index is 0.763. The van der Waals surface area contributed by atoms with Crippen LogP contribution in [0.15, 0.2) is 48.5 Å². The van der Waals surface area contributed by atoms with Crippen molar-refractivity contribution < 1.29 is 0 Å². The van der Waals surface area contributed by atoms with Crippen LogP contribution in [-0.4, -0.2) is 12.3 Å². The van der Waals surface area contributed by atoms with E-state index < -0.39 is 0 Å². The summed E-state index contributed by atoms with van der Waals surface area (Å²) in [5, 5.41) is 4.91. The summed E-state index contributed by atoms with van der Waals surface area (Å²) in [7, 11) is 0. The van der Waals surface area contributed by atoms with E-state index in [1.807, 2.05) is 48.2 Å². The largest absolute Gasteiger partial charge is 0.384 e. The summed E-state index contributed by atoms with van der Waals surface area (Å²) in [6.07, 6.45) is 0. The van der Waals surface area contributed by atoms with Gasteiger partial charge in [0.2, 0.25) is 0 Å². The van der Waals surface area contributed by atoms with E-state index >= 15 is 0 Å². The molecule has 0 atom stereocenters. The maximum atomic E-state index is 5.92. The quantitative estimate of drug-likeness (QED) is 0.723. The second-order valence-electron chi connectivity index (χ2n) is 4.12. The average molecular weight is 312 g/mol. The van der Waals surface area contributed by atoms with Crippen molar-refractivity contribution in [2.24, 2.45) is 0 Å². The topological polar surface area (TPSA) is 12.0 Å². The van der Waals surface area contributed by atoms with Crippen molar-refractivity contribution in [3.63, 3.8) is 0 Å². The molecule has 0 saturated heterocycles. The molecule has 0 radical (unpaired) electrons. The van der Waals surface area contributed by atoms with Crippen molar-refractivity contribution in [1.82, 2.24) is 0 Å². The molecule has 1 nitrogen and oxygen atoms in total. The van der Waals surface area contributed by atoms with Gasteiger partial charge < -0.3 is 5.32 Å². The van der Waals surface area contributed by atoms with Crippen LogP contribution >= 0.6 is 35.0 Å². The average Bonchev–Trinajstić information content (AvgIpc) is 2.41. The number of thioether (sulfide) groups is 1. The summed E-state index contributed by atoms with van der Waals surface area (Å²) in [5.74, 6) is 2.06. The molecule has 4 heteroatoms. The number of hydrogen-bond donors (Lipinski definition) is 1. The van der Waals surface area contributed by atoms with Gasteiger partial charge in [-0.1, -0.05) is 41.4 Å². The second-order valence-corrected chi connectivity index (χ2v) is 6.09. The molecule has 0 aromatic heterocycles. The fraction of sp³-hybridized carbons (Fsp3) is 0.200. The fourth-order valence-corrected chi connectivity index (χ4v) is 2.77. The molecule has 2 aromatic rings. The molecule has 0 bridgehead atoms. The van der Waals surface area contributed by atoms with Gasteiger partial charge in [-0.25, -0.2) is 0 Å². The van der Waals surface area contributed by atoms with Crippen LogP contribution in [0, 0.1) is 0 Å². The first-order valence-corrected chi connectivity index (χ1v) is 7.97. The summed E-state index contributed by atoms with van der Waals surface area (Å²) >= 11 is 13.7. The number of nitrogens with one attached hydrogen (secondary N) is 1. The third-order valence-corrected chi connectivity index (χ3v) is 4.10. The minimum atomic E-state index is 0.763. The van der Waals surface area contributed by atoms with Crippen LogP contribution in [0.3, 0.4) is 0 Å². The lowest BCUT2D eigenvalue weighted by Gasteiger charge is -2.06. The van der Waals surface area contributed by atoms with Gasteiger partial charge in [0.15, 0.2) is 0 Å². The molecule has 19 heavy (non-hydrogen) atoms. The Labute approximate surface area is 128 Å². The van der Waals surface area contributed by atoms with Crippen molar-refractivity contribution >= 4 is 40.7 Å². The third kappa shape index (κ3) is 5.35. The molecule has 0 fully saturated rings. The van der Waals surface area contributed by atoms with Gasteiger partial charge in [0.1, 0.15) is 0 Å². The molecule has 0 saturated carbocycles. The van der Waals surface area contributed by atoms with Crippen LogP contribution in [0.4, 0.5) is 5.69 Å². The summed E-state index contributed by atoms with van der Waals surface area (Å²) in [5.41, 5.74) is 2.37. The molecule has 0 aliphatic heterocycles. The Morgan fingerprint density at radius 2 is 1.74 bits per heavy atom. The number of rotatable bonds is 6. The zero-order valence-electron chi connectivity index (χ0n) is 10.4. The fourth-order valence-electron chi connectivity index (χ4n) is 1.64. The van der Waals surface area contributed by atoms with E-state index in [-0.39, 0.29) is 0 Å². The first-order valence-electron chi connectivity index (χ1n) is 6.06. The van der Waals surface area contributed by atoms with Gasteiger partial charge in [-0.15, -0.1) is 0 Å². The molecule has 0 aliphatic rings. The molecule has 1 N–H and O–H groups in total. The van der Waals surface area contributed by atoms with Crippen LogP contribution in [0.2, 0.25) is 10.0 Å². The maximum Gasteiger partial charge on any atom is 0.0426 e. The zero-order valence-corrected chi connectivity index (χ0v) is 12.7. The van der Waals surface area contributed by atoms with E-state index in [2.05, 4.69) is 17.4 Å². The van der Waals surface area contributed by atoms with Crippen LogP contribution in [0.5, 0.6) is 0 Å². The molecule has 2 aromatic carbocycles. The number of hydrogen-bond acceptors (Lipinski definition) is 2. The van der Waals surface area contributed by atoms with Gasteiger partial charge in [-0.05, 0) is 35.9 Å². The third-order valence-electron chi connectivity index (χ3n) is 2.58. The highest BCUT2D eigenvalue weighted by Gasteiger charge is 1.96. The zero-order chi connectivity index (χ0) is 13.5. The van der Waals surface area contributed by atoms with Gasteiger partial charge >= 0.3 is 0 Å². The molecule has 0 aliphatic carbocycles. The Kier molecular flexibility index (Phi) is 5.90. The summed E-state index contributed by atoms with van der Waals surface area (Å²) < 4.78 is 0. The van der Waals surface area contributed by atoms with Crippen LogP contribution in [0.25, 0.3) is 0 Å². The van der Waals surface area contributed by atoms with Crippen molar-refractivity contribution in [3.05, 3.63) is 64.1 Å². The van der Waals surface area contributed by atoms with Gasteiger partial charge in [0.05, 0.1) is 0 Å². The first kappa shape index (κ1) is 14.6. The maximum absolute atomic E-state index is 5.92. The highest BCUT2D eigenvalue weighted by molar-refractivity contribution is 7.98. The highest BCUT2D eigenvalue weighted by Crippen LogP contribution is 2.17. The van der Waals surface area contributed by atoms with Gasteiger partial charge in [0.25, 0.3) is 0 Å². The Morgan fingerprint density at radius 3 is 2.47 bits per heavy atom. The van der Waals surface area contributed by atoms with E-state index in [0.29, 0.717) is 0 Å². The summed E-state index contributed by atoms with van der Waals surface area (Å²) in [6, 6.07) is 15.8. The summed E-state index contributed by atoms with van der Waals surface area (Å²) in [4.78, 5) is 0. The number of halogens is 2. The smallest absolute Gasteiger partial charge is 0.0426 e. The van der Waals surface area contributed by atoms with Crippen LogP contribution in [0.1, 0.15) is 5.56 Å². The molecular formula is C15H15Cl2NS. The lowest BCUT2D eigenvalue weighted by Crippen LogP contribution is -2.03. The first-order chi connectivity index (χ1) is 9.24. The van der Waals surface area contributed by atoms with E-state index in [1.54, 1.807) is 0 Å². The van der Waals surface area contributed by atoms with Crippen LogP contribution in [-0.2, 0) is 5.75 Å². The van der Waals surface area contributed by atoms with E-state index in [4.69, 9.17) is 23.2 Å². The van der Waals surface area contributed by atoms with Crippen LogP contribution < -0.4 is 5.32 Å². The molecular weight excluding hydrogens is 297 g/mol. The Hall–Kier alpha value is -0.830. The Morgan fingerprint density at radius 1 is 0.947 bits per heavy atom. The minimum Gasteiger partial charge on any atom is -0.384 e. The van der Waals surface area contributed by atoms with Crippen molar-refractivity contribution in [3.8, 4) is 0 Å². The van der Waals surface area contributed by atoms with E-state index in [1.165, 1.54) is 5.56 Å². The molecule has 100 valence electrons. The number of anilines is 1. The number of benzene rings is 2. The molecule has 0 heterocycles. The van der Waals surface area contributed by atoms with Crippen molar-refractivity contribution in [1.29, 1.82) is 0 Å². The summed E-state index contributed by atoms with van der Waals surface area (Å²) in [6.45, 7) is 0.929. The van der Waals surface area contributed by atoms with Gasteiger partial charge in [-0.2, -0.15) is 11.8 Å². The predicted molar refractivity (Wildman–Crippen MR) is 87.6 cm³/mol. The normalized spacial score (nSPS) is 10.4. The molecule has 0 spiro atoms. The lowest BCUT2D eigenvalue weighted by molar-refractivity contribution is 1.22. The monoisotopic (exact) mass is 311 g/mol. The van der Waals surface area contributed by atoms with E-state index in [9.17, 15) is 0 Å². The highest BCUT2D eigenvalue weighted by atomic mass is 35.5. The van der Waals surface area contributed by atoms with Crippen molar-refractivity contribution in [2.75, 3.05) is 17.6 Å². The second kappa shape index (κ2) is 7.68. The predicted octanol–water partition coefficient (Wildman–Crippen LogP) is 5.34. The van der Waals surface area contributed by atoms with E-state index in [0.717, 1.165) is 33.8 Å². The molecule has 2 rings (SSSR count).